The molecule has 0 radical (unpaired) electrons. The second-order valence-corrected chi connectivity index (χ2v) is 3.94. The lowest BCUT2D eigenvalue weighted by atomic mass is 10.2. The minimum absolute atomic E-state index is 0.250. The molecule has 0 bridgehead atoms. The average Bonchev–Trinajstić information content (AvgIpc) is 2.27. The number of rotatable bonds is 3. The number of aromatic nitrogens is 1. The van der Waals surface area contributed by atoms with Gasteiger partial charge in [-0.1, -0.05) is 11.6 Å². The third-order valence-corrected chi connectivity index (χ3v) is 2.41. The highest BCUT2D eigenvalue weighted by molar-refractivity contribution is 6.32. The third-order valence-electron chi connectivity index (χ3n) is 2.11. The van der Waals surface area contributed by atoms with E-state index in [0.29, 0.717) is 0 Å². The predicted molar refractivity (Wildman–Crippen MR) is 56.8 cm³/mol. The molecule has 0 aromatic carbocycles. The van der Waals surface area contributed by atoms with Crippen molar-refractivity contribution in [3.8, 4) is 0 Å². The van der Waals surface area contributed by atoms with Gasteiger partial charge in [0.2, 0.25) is 0 Å². The second kappa shape index (κ2) is 5.51. The van der Waals surface area contributed by atoms with Crippen molar-refractivity contribution < 1.29 is 22.4 Å². The highest BCUT2D eigenvalue weighted by atomic mass is 35.5. The summed E-state index contributed by atoms with van der Waals surface area (Å²) >= 11 is 5.58. The fourth-order valence-electron chi connectivity index (χ4n) is 1.17. The molecule has 0 aliphatic heterocycles. The van der Waals surface area contributed by atoms with Gasteiger partial charge in [0.05, 0.1) is 18.2 Å². The molecule has 1 aromatic heterocycles. The predicted octanol–water partition coefficient (Wildman–Crippen LogP) is 2.90. The van der Waals surface area contributed by atoms with E-state index in [4.69, 9.17) is 11.6 Å². The molecule has 8 heteroatoms. The van der Waals surface area contributed by atoms with Crippen LogP contribution in [0.5, 0.6) is 0 Å². The lowest BCUT2D eigenvalue weighted by Gasteiger charge is -2.18. The number of hydrogen-bond acceptors (Lipinski definition) is 2. The Morgan fingerprint density at radius 3 is 2.67 bits per heavy atom. The van der Waals surface area contributed by atoms with Crippen LogP contribution in [0.25, 0.3) is 0 Å². The van der Waals surface area contributed by atoms with Gasteiger partial charge in [-0.05, 0) is 6.07 Å². The van der Waals surface area contributed by atoms with E-state index in [0.717, 1.165) is 17.2 Å². The first-order valence-electron chi connectivity index (χ1n) is 4.84. The molecule has 18 heavy (non-hydrogen) atoms. The molecule has 1 heterocycles. The number of nitrogens with zero attached hydrogens (tertiary/aromatic N) is 2. The molecule has 0 saturated heterocycles. The van der Waals surface area contributed by atoms with Crippen LogP contribution >= 0.6 is 11.6 Å². The van der Waals surface area contributed by atoms with E-state index in [-0.39, 0.29) is 10.7 Å². The summed E-state index contributed by atoms with van der Waals surface area (Å²) in [6, 6.07) is 0.835. The van der Waals surface area contributed by atoms with Crippen LogP contribution in [0.1, 0.15) is 16.8 Å². The van der Waals surface area contributed by atoms with Crippen LogP contribution < -0.4 is 0 Å². The number of amides is 1. The topological polar surface area (TPSA) is 33.2 Å². The fourth-order valence-corrected chi connectivity index (χ4v) is 1.36. The summed E-state index contributed by atoms with van der Waals surface area (Å²) in [4.78, 5) is 15.9. The van der Waals surface area contributed by atoms with Gasteiger partial charge in [-0.3, -0.25) is 4.79 Å². The first-order chi connectivity index (χ1) is 8.20. The molecule has 3 nitrogen and oxygen atoms in total. The number of alkyl halides is 3. The monoisotopic (exact) mass is 284 g/mol. The molecule has 0 saturated carbocycles. The molecule has 0 aliphatic carbocycles. The summed E-state index contributed by atoms with van der Waals surface area (Å²) < 4.78 is 48.8. The molecule has 0 aliphatic rings. The van der Waals surface area contributed by atoms with Crippen LogP contribution in [0.2, 0.25) is 5.15 Å². The van der Waals surface area contributed by atoms with Gasteiger partial charge in [0.15, 0.2) is 0 Å². The van der Waals surface area contributed by atoms with Crippen molar-refractivity contribution in [3.05, 3.63) is 28.8 Å². The molecular weight excluding hydrogens is 276 g/mol. The van der Waals surface area contributed by atoms with Gasteiger partial charge in [0, 0.05) is 13.6 Å². The summed E-state index contributed by atoms with van der Waals surface area (Å²) in [7, 11) is 1.18. The van der Waals surface area contributed by atoms with Gasteiger partial charge in [-0.25, -0.2) is 9.37 Å². The Balaban J connectivity index is 2.77. The highest BCUT2D eigenvalue weighted by Gasteiger charge is 2.28. The zero-order valence-corrected chi connectivity index (χ0v) is 10.0. The molecular formula is C10H9ClF4N2O. The minimum Gasteiger partial charge on any atom is -0.341 e. The van der Waals surface area contributed by atoms with Gasteiger partial charge in [0.25, 0.3) is 5.91 Å². The number of pyridine rings is 1. The third kappa shape index (κ3) is 4.14. The minimum atomic E-state index is -4.36. The smallest absolute Gasteiger partial charge is 0.341 e. The zero-order chi connectivity index (χ0) is 13.9. The fraction of sp³-hybridized carbons (Fsp3) is 0.400. The summed E-state index contributed by atoms with van der Waals surface area (Å²) in [6.45, 7) is -0.533. The quantitative estimate of drug-likeness (QED) is 0.632. The first kappa shape index (κ1) is 14.7. The molecule has 0 spiro atoms. The Morgan fingerprint density at radius 1 is 1.50 bits per heavy atom. The van der Waals surface area contributed by atoms with Crippen molar-refractivity contribution in [1.29, 1.82) is 0 Å². The van der Waals surface area contributed by atoms with Gasteiger partial charge < -0.3 is 4.90 Å². The molecule has 0 unspecified atom stereocenters. The lowest BCUT2D eigenvalue weighted by molar-refractivity contribution is -0.136. The Hall–Kier alpha value is -1.37. The van der Waals surface area contributed by atoms with Crippen LogP contribution in [0, 0.1) is 5.82 Å². The van der Waals surface area contributed by atoms with Crippen molar-refractivity contribution in [3.63, 3.8) is 0 Å². The molecule has 0 N–H and O–H groups in total. The van der Waals surface area contributed by atoms with Crippen LogP contribution in [-0.2, 0) is 0 Å². The van der Waals surface area contributed by atoms with Crippen LogP contribution in [0.15, 0.2) is 12.3 Å². The van der Waals surface area contributed by atoms with E-state index >= 15 is 0 Å². The maximum absolute atomic E-state index is 12.9. The number of carbonyl (C=O) groups is 1. The lowest BCUT2D eigenvalue weighted by Crippen LogP contribution is -2.31. The zero-order valence-electron chi connectivity index (χ0n) is 9.26. The molecule has 1 aromatic rings. The first-order valence-corrected chi connectivity index (χ1v) is 5.22. The van der Waals surface area contributed by atoms with Crippen molar-refractivity contribution in [2.24, 2.45) is 0 Å². The maximum atomic E-state index is 12.9. The van der Waals surface area contributed by atoms with E-state index < -0.39 is 30.9 Å². The van der Waals surface area contributed by atoms with Gasteiger partial charge in [0.1, 0.15) is 11.0 Å². The summed E-state index contributed by atoms with van der Waals surface area (Å²) in [5, 5.41) is -0.250. The Bertz CT molecular complexity index is 450. The average molecular weight is 285 g/mol. The molecule has 100 valence electrons. The van der Waals surface area contributed by atoms with E-state index in [1.807, 2.05) is 0 Å². The second-order valence-electron chi connectivity index (χ2n) is 3.58. The van der Waals surface area contributed by atoms with Crippen molar-refractivity contribution in [1.82, 2.24) is 9.88 Å². The van der Waals surface area contributed by atoms with E-state index in [2.05, 4.69) is 4.98 Å². The van der Waals surface area contributed by atoms with Crippen molar-refractivity contribution >= 4 is 17.5 Å². The van der Waals surface area contributed by atoms with E-state index in [1.54, 1.807) is 0 Å². The Kier molecular flexibility index (Phi) is 4.50. The number of hydrogen-bond donors (Lipinski definition) is 0. The van der Waals surface area contributed by atoms with Crippen LogP contribution in [0.3, 0.4) is 0 Å². The summed E-state index contributed by atoms with van der Waals surface area (Å²) in [5.41, 5.74) is -0.263. The van der Waals surface area contributed by atoms with Crippen molar-refractivity contribution in [2.75, 3.05) is 13.6 Å². The Labute approximate surface area is 105 Å². The van der Waals surface area contributed by atoms with Gasteiger partial charge in [-0.15, -0.1) is 0 Å². The van der Waals surface area contributed by atoms with Crippen LogP contribution in [0.4, 0.5) is 17.6 Å². The highest BCUT2D eigenvalue weighted by Crippen LogP contribution is 2.21. The molecule has 1 rings (SSSR count). The SMILES string of the molecule is CN(CCC(F)(F)F)C(=O)c1cc(F)cnc1Cl. The largest absolute Gasteiger partial charge is 0.390 e. The molecule has 1 amide bonds. The normalized spacial score (nSPS) is 11.4. The number of halogens is 5. The van der Waals surface area contributed by atoms with E-state index in [1.165, 1.54) is 7.05 Å². The van der Waals surface area contributed by atoms with Crippen LogP contribution in [-0.4, -0.2) is 35.6 Å². The Morgan fingerprint density at radius 2 is 2.11 bits per heavy atom. The summed E-state index contributed by atoms with van der Waals surface area (Å²) in [5.74, 6) is -1.59. The summed E-state index contributed by atoms with van der Waals surface area (Å²) in [6.07, 6.45) is -4.69. The van der Waals surface area contributed by atoms with Gasteiger partial charge >= 0.3 is 6.18 Å². The number of carbonyl (C=O) groups excluding carboxylic acids is 1. The maximum Gasteiger partial charge on any atom is 0.390 e. The van der Waals surface area contributed by atoms with E-state index in [9.17, 15) is 22.4 Å². The standard InChI is InChI=1S/C10H9ClF4N2O/c1-17(3-2-10(13,14)15)9(18)7-4-6(12)5-16-8(7)11/h4-5H,2-3H2,1H3. The van der Waals surface area contributed by atoms with Crippen molar-refractivity contribution in [2.45, 2.75) is 12.6 Å². The molecule has 0 atom stereocenters. The van der Waals surface area contributed by atoms with Gasteiger partial charge in [-0.2, -0.15) is 13.2 Å². The molecule has 0 fully saturated rings.